The molecule has 3 N–H and O–H groups in total. The van der Waals surface area contributed by atoms with Crippen LogP contribution in [0.4, 0.5) is 17.1 Å². The number of benzene rings is 2. The highest BCUT2D eigenvalue weighted by molar-refractivity contribution is 7.90. The first-order valence-electron chi connectivity index (χ1n) is 19.6. The van der Waals surface area contributed by atoms with Crippen LogP contribution in [0.5, 0.6) is 11.5 Å². The van der Waals surface area contributed by atoms with E-state index >= 15 is 0 Å². The molecule has 1 amide bonds. The summed E-state index contributed by atoms with van der Waals surface area (Å²) in [6, 6.07) is 12.4. The summed E-state index contributed by atoms with van der Waals surface area (Å²) in [5.74, 6) is 1.95. The van der Waals surface area contributed by atoms with Crippen molar-refractivity contribution in [3.8, 4) is 11.5 Å². The van der Waals surface area contributed by atoms with E-state index in [0.29, 0.717) is 43.0 Å². The number of carbonyl (C=O) groups excluding carboxylic acids is 1. The second-order valence-electron chi connectivity index (χ2n) is 15.8. The molecule has 0 unspecified atom stereocenters. The minimum Gasteiger partial charge on any atom is -0.455 e. The van der Waals surface area contributed by atoms with Gasteiger partial charge in [-0.3, -0.25) is 14.9 Å². The van der Waals surface area contributed by atoms with Crippen molar-refractivity contribution in [2.75, 3.05) is 62.7 Å². The number of nitrogens with zero attached hydrogens (tertiary/aromatic N) is 4. The molecule has 0 radical (unpaired) electrons. The van der Waals surface area contributed by atoms with Gasteiger partial charge in [-0.15, -0.1) is 0 Å². The molecule has 56 heavy (non-hydrogen) atoms. The number of hydrogen-bond acceptors (Lipinski definition) is 11. The van der Waals surface area contributed by atoms with Crippen molar-refractivity contribution in [2.45, 2.75) is 50.3 Å². The number of nitro benzene ring substituents is 1. The van der Waals surface area contributed by atoms with E-state index in [9.17, 15) is 23.3 Å². The number of sulfonamides is 1. The lowest BCUT2D eigenvalue weighted by Crippen LogP contribution is -2.46. The molecule has 296 valence electrons. The molecule has 3 fully saturated rings. The van der Waals surface area contributed by atoms with Crippen LogP contribution >= 0.6 is 0 Å². The van der Waals surface area contributed by atoms with Gasteiger partial charge in [-0.1, -0.05) is 11.6 Å². The Morgan fingerprint density at radius 1 is 1.05 bits per heavy atom. The van der Waals surface area contributed by atoms with Gasteiger partial charge in [0.1, 0.15) is 22.8 Å². The highest BCUT2D eigenvalue weighted by Crippen LogP contribution is 2.37. The number of likely N-dealkylation sites (tertiary alicyclic amines) is 1. The quantitative estimate of drug-likeness (QED) is 0.0791. The molecule has 1 aliphatic carbocycles. The molecular formula is C41H49N7O7S. The largest absolute Gasteiger partial charge is 0.455 e. The fraction of sp³-hybridized carbons (Fsp3) is 0.463. The minimum absolute atomic E-state index is 0.00869. The molecule has 0 saturated carbocycles. The number of fused-ring (bicyclic) bond motifs is 3. The third-order valence-electron chi connectivity index (χ3n) is 12.0. The Balaban J connectivity index is 0.984. The van der Waals surface area contributed by atoms with Gasteiger partial charge in [0, 0.05) is 81.9 Å². The predicted molar refractivity (Wildman–Crippen MR) is 214 cm³/mol. The van der Waals surface area contributed by atoms with E-state index in [2.05, 4.69) is 42.8 Å². The molecule has 2 aromatic carbocycles. The van der Waals surface area contributed by atoms with E-state index in [1.165, 1.54) is 37.7 Å². The summed E-state index contributed by atoms with van der Waals surface area (Å²) >= 11 is 0. The number of rotatable bonds is 12. The zero-order valence-corrected chi connectivity index (χ0v) is 32.4. The zero-order valence-electron chi connectivity index (χ0n) is 31.6. The molecule has 4 aliphatic rings. The number of H-pyrrole nitrogens is 1. The third-order valence-corrected chi connectivity index (χ3v) is 13.3. The van der Waals surface area contributed by atoms with E-state index in [1.807, 2.05) is 12.1 Å². The Morgan fingerprint density at radius 2 is 1.88 bits per heavy atom. The number of hydrogen-bond donors (Lipinski definition) is 3. The SMILES string of the molecule is CC1=CC[C@H]2C[C@@H]1CN(CC1CCN(c3ccc(C(=O)NS(=O)(=O)c4ccc(NCC5CCOCC5)c([N+](=O)[O-])c4)c(Oc4cnc5[nH]ccc5c4)c3)CC1)C2. The molecule has 14 nitrogen and oxygen atoms in total. The van der Waals surface area contributed by atoms with Gasteiger partial charge < -0.3 is 29.6 Å². The number of amides is 1. The van der Waals surface area contributed by atoms with E-state index < -0.39 is 31.4 Å². The van der Waals surface area contributed by atoms with Gasteiger partial charge in [0.05, 0.1) is 21.6 Å². The second kappa shape index (κ2) is 16.2. The lowest BCUT2D eigenvalue weighted by molar-refractivity contribution is -0.384. The number of nitro groups is 1. The van der Waals surface area contributed by atoms with Crippen LogP contribution in [0.25, 0.3) is 11.0 Å². The number of nitrogens with one attached hydrogen (secondary N) is 3. The second-order valence-corrected chi connectivity index (χ2v) is 17.5. The number of piperidine rings is 2. The first-order valence-corrected chi connectivity index (χ1v) is 21.1. The van der Waals surface area contributed by atoms with Crippen LogP contribution in [0.1, 0.15) is 55.8 Å². The summed E-state index contributed by atoms with van der Waals surface area (Å²) in [5.41, 5.74) is 2.88. The monoisotopic (exact) mass is 783 g/mol. The van der Waals surface area contributed by atoms with Crippen LogP contribution in [-0.4, -0.2) is 86.6 Å². The summed E-state index contributed by atoms with van der Waals surface area (Å²) < 4.78 is 41.0. The Hall–Kier alpha value is -4.99. The Labute approximate surface area is 326 Å². The number of anilines is 2. The normalized spacial score (nSPS) is 21.1. The molecule has 2 atom stereocenters. The lowest BCUT2D eigenvalue weighted by Gasteiger charge is -2.43. The number of allylic oxidation sites excluding steroid dienone is 1. The van der Waals surface area contributed by atoms with E-state index in [1.54, 1.807) is 30.0 Å². The summed E-state index contributed by atoms with van der Waals surface area (Å²) in [6.45, 7) is 9.19. The topological polar surface area (TPSA) is 172 Å². The summed E-state index contributed by atoms with van der Waals surface area (Å²) in [6.07, 6.45) is 12.0. The average molecular weight is 784 g/mol. The van der Waals surface area contributed by atoms with Gasteiger partial charge >= 0.3 is 0 Å². The van der Waals surface area contributed by atoms with Crippen LogP contribution in [0.3, 0.4) is 0 Å². The van der Waals surface area contributed by atoms with E-state index in [-0.39, 0.29) is 22.9 Å². The van der Waals surface area contributed by atoms with Crippen LogP contribution in [-0.2, 0) is 14.8 Å². The Morgan fingerprint density at radius 3 is 2.68 bits per heavy atom. The van der Waals surface area contributed by atoms with Gasteiger partial charge in [-0.2, -0.15) is 0 Å². The minimum atomic E-state index is -4.52. The average Bonchev–Trinajstić information content (AvgIpc) is 3.67. The Bertz CT molecular complexity index is 2230. The molecule has 5 heterocycles. The fourth-order valence-corrected chi connectivity index (χ4v) is 9.70. The summed E-state index contributed by atoms with van der Waals surface area (Å²) in [5, 5.41) is 15.9. The van der Waals surface area contributed by atoms with Crippen molar-refractivity contribution in [2.24, 2.45) is 23.7 Å². The van der Waals surface area contributed by atoms with Crippen molar-refractivity contribution in [1.82, 2.24) is 19.6 Å². The van der Waals surface area contributed by atoms with Crippen LogP contribution in [0, 0.1) is 33.8 Å². The number of pyridine rings is 1. The number of ether oxygens (including phenoxy) is 2. The van der Waals surface area contributed by atoms with Crippen LogP contribution in [0.2, 0.25) is 0 Å². The maximum atomic E-state index is 13.8. The lowest BCUT2D eigenvalue weighted by atomic mass is 9.78. The molecule has 2 aromatic heterocycles. The number of aromatic nitrogens is 2. The highest BCUT2D eigenvalue weighted by Gasteiger charge is 2.33. The van der Waals surface area contributed by atoms with Crippen molar-refractivity contribution < 1.29 is 27.6 Å². The Kier molecular flexibility index (Phi) is 11.0. The zero-order chi connectivity index (χ0) is 38.8. The van der Waals surface area contributed by atoms with Crippen molar-refractivity contribution in [3.05, 3.63) is 88.3 Å². The molecule has 8 rings (SSSR count). The first-order chi connectivity index (χ1) is 27.1. The maximum absolute atomic E-state index is 13.8. The number of carbonyl (C=O) groups is 1. The van der Waals surface area contributed by atoms with Gasteiger partial charge in [-0.05, 0) is 106 Å². The standard InChI is InChI=1S/C41H49N7O7S/c1-27-2-3-30-18-32(27)26-46(25-30)24-29-9-14-47(15-10-29)33-4-6-36(39(20-33)55-34-19-31-8-13-42-40(31)44-23-34)41(49)45-56(52,53)35-5-7-37(38(21-35)48(50)51)43-22-28-11-16-54-17-12-28/h2,4-8,13,19-21,23,28-30,32,43H,3,9-12,14-18,22,24-26H2,1H3,(H,42,44)(H,45,49)/t30-,32+/m0/s1. The summed E-state index contributed by atoms with van der Waals surface area (Å²) in [4.78, 5) is 37.2. The molecule has 4 aromatic rings. The van der Waals surface area contributed by atoms with Crippen LogP contribution in [0.15, 0.2) is 77.5 Å². The molecule has 3 aliphatic heterocycles. The predicted octanol–water partition coefficient (Wildman–Crippen LogP) is 6.73. The molecule has 0 spiro atoms. The van der Waals surface area contributed by atoms with Crippen molar-refractivity contribution in [3.63, 3.8) is 0 Å². The van der Waals surface area contributed by atoms with Crippen molar-refractivity contribution >= 4 is 44.0 Å². The molecular weight excluding hydrogens is 735 g/mol. The smallest absolute Gasteiger partial charge is 0.293 e. The van der Waals surface area contributed by atoms with Gasteiger partial charge in [0.25, 0.3) is 21.6 Å². The highest BCUT2D eigenvalue weighted by atomic mass is 32.2. The van der Waals surface area contributed by atoms with Gasteiger partial charge in [0.2, 0.25) is 0 Å². The third kappa shape index (κ3) is 8.54. The maximum Gasteiger partial charge on any atom is 0.293 e. The van der Waals surface area contributed by atoms with E-state index in [0.717, 1.165) is 74.9 Å². The summed E-state index contributed by atoms with van der Waals surface area (Å²) in [7, 11) is -4.52. The van der Waals surface area contributed by atoms with Gasteiger partial charge in [0.15, 0.2) is 0 Å². The van der Waals surface area contributed by atoms with Gasteiger partial charge in [-0.25, -0.2) is 18.1 Å². The number of aromatic amines is 1. The molecule has 15 heteroatoms. The van der Waals surface area contributed by atoms with Crippen molar-refractivity contribution in [1.29, 1.82) is 0 Å². The molecule has 3 saturated heterocycles. The van der Waals surface area contributed by atoms with Crippen LogP contribution < -0.4 is 19.7 Å². The fourth-order valence-electron chi connectivity index (χ4n) is 8.71. The molecule has 2 bridgehead atoms. The first kappa shape index (κ1) is 37.9. The van der Waals surface area contributed by atoms with E-state index in [4.69, 9.17) is 9.47 Å².